The van der Waals surface area contributed by atoms with Gasteiger partial charge in [0.15, 0.2) is 11.3 Å². The SMILES string of the molecule is NC(=O)c1cnn2cc(Br)nc2c1Cl.[2H]C([2H])([2H])C([2H])([2H])[C@H]1CN(C(=O)OCc2ccccc2)C[C@H]1Nc1c(C(N)=O)cnn2cc(Br)nc12. The van der Waals surface area contributed by atoms with Crippen molar-refractivity contribution >= 4 is 78.4 Å². The number of imidazole rings is 2. The van der Waals surface area contributed by atoms with Crippen LogP contribution in [0.15, 0.2) is 64.3 Å². The Morgan fingerprint density at radius 3 is 2.29 bits per heavy atom. The summed E-state index contributed by atoms with van der Waals surface area (Å²) in [6, 6.07) is 8.11. The van der Waals surface area contributed by atoms with E-state index in [-0.39, 0.29) is 47.2 Å². The normalized spacial score (nSPS) is 18.2. The van der Waals surface area contributed by atoms with E-state index in [4.69, 9.17) is 34.7 Å². The van der Waals surface area contributed by atoms with E-state index < -0.39 is 43.1 Å². The molecule has 0 aliphatic carbocycles. The lowest BCUT2D eigenvalue weighted by Gasteiger charge is -2.21. The number of hydrogen-bond donors (Lipinski definition) is 3. The Hall–Kier alpha value is -4.28. The number of amides is 3. The summed E-state index contributed by atoms with van der Waals surface area (Å²) in [5.74, 6) is -2.61. The maximum atomic E-state index is 12.8. The zero-order chi connectivity index (χ0) is 36.5. The Labute approximate surface area is 285 Å². The second-order valence-electron chi connectivity index (χ2n) is 9.64. The number of carbonyl (C=O) groups is 3. The molecule has 4 aromatic heterocycles. The van der Waals surface area contributed by atoms with Gasteiger partial charge in [-0.3, -0.25) is 9.59 Å². The zero-order valence-electron chi connectivity index (χ0n) is 28.0. The summed E-state index contributed by atoms with van der Waals surface area (Å²) < 4.78 is 49.3. The Morgan fingerprint density at radius 2 is 1.64 bits per heavy atom. The second kappa shape index (κ2) is 13.8. The first-order valence-electron chi connectivity index (χ1n) is 15.5. The van der Waals surface area contributed by atoms with Gasteiger partial charge in [-0.25, -0.2) is 23.8 Å². The van der Waals surface area contributed by atoms with Gasteiger partial charge < -0.3 is 26.4 Å². The number of nitrogens with two attached hydrogens (primary N) is 2. The molecule has 0 bridgehead atoms. The predicted octanol–water partition coefficient (Wildman–Crippen LogP) is 4.29. The first kappa shape index (κ1) is 26.0. The number of benzene rings is 1. The van der Waals surface area contributed by atoms with Crippen LogP contribution in [0.4, 0.5) is 10.5 Å². The topological polar surface area (TPSA) is 188 Å². The van der Waals surface area contributed by atoms with Crippen molar-refractivity contribution in [1.29, 1.82) is 0 Å². The highest BCUT2D eigenvalue weighted by Crippen LogP contribution is 2.29. The molecule has 1 aromatic carbocycles. The maximum Gasteiger partial charge on any atom is 0.410 e. The van der Waals surface area contributed by atoms with Gasteiger partial charge in [0.1, 0.15) is 15.8 Å². The fourth-order valence-corrected chi connectivity index (χ4v) is 5.52. The predicted molar refractivity (Wildman–Crippen MR) is 173 cm³/mol. The molecule has 0 saturated carbocycles. The van der Waals surface area contributed by atoms with Gasteiger partial charge in [-0.15, -0.1) is 0 Å². The smallest absolute Gasteiger partial charge is 0.410 e. The number of ether oxygens (including phenoxy) is 1. The number of anilines is 1. The van der Waals surface area contributed by atoms with E-state index in [0.29, 0.717) is 14.9 Å². The number of primary amides is 2. The number of fused-ring (bicyclic) bond motifs is 2. The Morgan fingerprint density at radius 1 is 1.02 bits per heavy atom. The average Bonchev–Trinajstić information content (AvgIpc) is 3.76. The van der Waals surface area contributed by atoms with Crippen molar-refractivity contribution in [3.63, 3.8) is 0 Å². The van der Waals surface area contributed by atoms with Crippen molar-refractivity contribution in [2.45, 2.75) is 25.9 Å². The van der Waals surface area contributed by atoms with Crippen molar-refractivity contribution in [1.82, 2.24) is 34.1 Å². The van der Waals surface area contributed by atoms with Crippen molar-refractivity contribution in [2.24, 2.45) is 17.4 Å². The summed E-state index contributed by atoms with van der Waals surface area (Å²) in [4.78, 5) is 45.4. The van der Waals surface area contributed by atoms with E-state index >= 15 is 0 Å². The van der Waals surface area contributed by atoms with Crippen LogP contribution in [0.5, 0.6) is 0 Å². The first-order valence-corrected chi connectivity index (χ1v) is 15.0. The minimum absolute atomic E-state index is 0.00397. The Balaban J connectivity index is 0.000000288. The fraction of sp³-hybridized carbons (Fsp3) is 0.250. The summed E-state index contributed by atoms with van der Waals surface area (Å²) in [5, 5.41) is 11.3. The van der Waals surface area contributed by atoms with E-state index in [0.717, 1.165) is 5.56 Å². The minimum Gasteiger partial charge on any atom is -0.445 e. The summed E-state index contributed by atoms with van der Waals surface area (Å²) in [6.45, 7) is -3.27. The molecule has 1 aliphatic heterocycles. The summed E-state index contributed by atoms with van der Waals surface area (Å²) >= 11 is 12.3. The molecule has 5 N–H and O–H groups in total. The highest BCUT2D eigenvalue weighted by molar-refractivity contribution is 9.10. The quantitative estimate of drug-likeness (QED) is 0.217. The average molecular weight is 768 g/mol. The number of nitrogens with zero attached hydrogens (tertiary/aromatic N) is 7. The van der Waals surface area contributed by atoms with Gasteiger partial charge >= 0.3 is 6.09 Å². The molecule has 1 fully saturated rings. The number of likely N-dealkylation sites (tertiary alicyclic amines) is 1. The molecular formula is C28H27Br2ClN10O4. The van der Waals surface area contributed by atoms with Crippen molar-refractivity contribution < 1.29 is 26.0 Å². The zero-order valence-corrected chi connectivity index (χ0v) is 27.0. The van der Waals surface area contributed by atoms with E-state index in [2.05, 4.69) is 57.3 Å². The molecule has 2 atom stereocenters. The number of aromatic nitrogens is 6. The molecule has 0 unspecified atom stereocenters. The van der Waals surface area contributed by atoms with Gasteiger partial charge in [-0.05, 0) is 49.7 Å². The number of hydrogen-bond acceptors (Lipinski definition) is 9. The van der Waals surface area contributed by atoms with E-state index in [1.807, 2.05) is 6.07 Å². The fourth-order valence-electron chi connectivity index (χ4n) is 4.53. The first-order chi connectivity index (χ1) is 23.5. The van der Waals surface area contributed by atoms with Crippen molar-refractivity contribution in [3.05, 3.63) is 86.0 Å². The number of nitrogens with one attached hydrogen (secondary N) is 1. The molecule has 1 aliphatic rings. The van der Waals surface area contributed by atoms with Crippen LogP contribution >= 0.6 is 43.5 Å². The van der Waals surface area contributed by atoms with E-state index in [9.17, 15) is 14.4 Å². The van der Waals surface area contributed by atoms with Gasteiger partial charge in [-0.1, -0.05) is 48.8 Å². The van der Waals surface area contributed by atoms with Gasteiger partial charge in [0.05, 0.1) is 46.6 Å². The molecule has 1 saturated heterocycles. The van der Waals surface area contributed by atoms with Gasteiger partial charge in [0.25, 0.3) is 11.8 Å². The third-order valence-corrected chi connectivity index (χ3v) is 7.83. The van der Waals surface area contributed by atoms with Gasteiger partial charge in [-0.2, -0.15) is 10.2 Å². The molecule has 14 nitrogen and oxygen atoms in total. The summed E-state index contributed by atoms with van der Waals surface area (Å²) in [7, 11) is 0. The summed E-state index contributed by atoms with van der Waals surface area (Å²) in [6.07, 6.45) is 2.34. The van der Waals surface area contributed by atoms with Crippen LogP contribution in [0.25, 0.3) is 11.3 Å². The van der Waals surface area contributed by atoms with Crippen molar-refractivity contribution in [3.8, 4) is 0 Å². The Kier molecular flexibility index (Phi) is 7.96. The van der Waals surface area contributed by atoms with Crippen LogP contribution in [-0.4, -0.2) is 71.1 Å². The molecule has 45 heavy (non-hydrogen) atoms. The molecule has 6 rings (SSSR count). The molecule has 3 amide bonds. The standard InChI is InChI=1S/C21H23BrN6O3.C7H4BrClN4O/c1-2-14-9-27(21(30)31-12-13-6-4-3-5-7-13)10-16(14)25-18-15(19(23)29)8-24-28-11-17(22)26-20(18)28;8-4-2-13-7(12-4)5(9)3(1-11-13)6(10)14/h3-8,11,14,16,25H,2,9-10,12H2,1H3,(H2,23,29);1-2H,(H2,10,14)/t14-,16+;/m0./s1/i1D3,2D2;. The van der Waals surface area contributed by atoms with Gasteiger partial charge in [0.2, 0.25) is 0 Å². The lowest BCUT2D eigenvalue weighted by molar-refractivity contribution is 0.0991. The molecule has 17 heteroatoms. The maximum absolute atomic E-state index is 12.8. The number of carbonyl (C=O) groups excluding carboxylic acids is 3. The van der Waals surface area contributed by atoms with Gasteiger partial charge in [0, 0.05) is 26.0 Å². The highest BCUT2D eigenvalue weighted by Gasteiger charge is 2.36. The summed E-state index contributed by atoms with van der Waals surface area (Å²) in [5.41, 5.74) is 12.3. The number of rotatable bonds is 7. The molecule has 234 valence electrons. The lowest BCUT2D eigenvalue weighted by Crippen LogP contribution is -2.33. The highest BCUT2D eigenvalue weighted by atomic mass is 79.9. The third kappa shape index (κ3) is 7.18. The molecule has 5 heterocycles. The second-order valence-corrected chi connectivity index (χ2v) is 11.6. The molecular weight excluding hydrogens is 736 g/mol. The van der Waals surface area contributed by atoms with Crippen LogP contribution in [0.2, 0.25) is 5.02 Å². The molecule has 0 spiro atoms. The van der Waals surface area contributed by atoms with Crippen LogP contribution in [-0.2, 0) is 11.3 Å². The lowest BCUT2D eigenvalue weighted by atomic mass is 10.0. The van der Waals surface area contributed by atoms with E-state index in [1.54, 1.807) is 36.7 Å². The van der Waals surface area contributed by atoms with Crippen LogP contribution < -0.4 is 16.8 Å². The largest absolute Gasteiger partial charge is 0.445 e. The third-order valence-electron chi connectivity index (χ3n) is 6.69. The van der Waals surface area contributed by atoms with Crippen LogP contribution in [0.1, 0.15) is 46.4 Å². The monoisotopic (exact) mass is 765 g/mol. The molecule has 5 aromatic rings. The number of halogens is 3. The van der Waals surface area contributed by atoms with E-state index in [1.165, 1.54) is 26.3 Å². The van der Waals surface area contributed by atoms with Crippen LogP contribution in [0, 0.1) is 5.92 Å². The minimum atomic E-state index is -2.97. The van der Waals surface area contributed by atoms with Crippen molar-refractivity contribution in [2.75, 3.05) is 18.4 Å². The molecule has 0 radical (unpaired) electrons. The Bertz CT molecular complexity index is 2080. The van der Waals surface area contributed by atoms with Crippen LogP contribution in [0.3, 0.4) is 0 Å².